The second kappa shape index (κ2) is 5.91. The van der Waals surface area contributed by atoms with Crippen molar-refractivity contribution < 1.29 is 5.11 Å². The number of hydrogen-bond donors (Lipinski definition) is 2. The van der Waals surface area contributed by atoms with Crippen LogP contribution in [0.5, 0.6) is 0 Å². The lowest BCUT2D eigenvalue weighted by Crippen LogP contribution is -2.55. The summed E-state index contributed by atoms with van der Waals surface area (Å²) in [5, 5.41) is 13.4. The van der Waals surface area contributed by atoms with Gasteiger partial charge in [0.25, 0.3) is 0 Å². The van der Waals surface area contributed by atoms with Crippen molar-refractivity contribution in [3.63, 3.8) is 0 Å². The maximum Gasteiger partial charge on any atom is 0.0611 e. The van der Waals surface area contributed by atoms with Crippen molar-refractivity contribution in [3.05, 3.63) is 0 Å². The van der Waals surface area contributed by atoms with E-state index in [1.807, 2.05) is 0 Å². The van der Waals surface area contributed by atoms with Crippen LogP contribution in [0.15, 0.2) is 0 Å². The van der Waals surface area contributed by atoms with Crippen LogP contribution >= 0.6 is 0 Å². The minimum absolute atomic E-state index is 0.103. The number of rotatable bonds is 7. The predicted molar refractivity (Wildman–Crippen MR) is 81.9 cm³/mol. The highest BCUT2D eigenvalue weighted by molar-refractivity contribution is 4.95. The SMILES string of the molecule is CC(CC(C)(CO)NC1CC1)N1CCN(C2CC2)CC1. The second-order valence-electron chi connectivity index (χ2n) is 7.49. The van der Waals surface area contributed by atoms with Gasteiger partial charge in [-0.2, -0.15) is 0 Å². The lowest BCUT2D eigenvalue weighted by molar-refractivity contribution is 0.0681. The largest absolute Gasteiger partial charge is 0.394 e. The average molecular weight is 281 g/mol. The Labute approximate surface area is 123 Å². The van der Waals surface area contributed by atoms with Gasteiger partial charge in [0, 0.05) is 49.8 Å². The van der Waals surface area contributed by atoms with Crippen molar-refractivity contribution in [2.24, 2.45) is 0 Å². The Kier molecular flexibility index (Phi) is 4.37. The first-order chi connectivity index (χ1) is 9.59. The Bertz CT molecular complexity index is 322. The fraction of sp³-hybridized carbons (Fsp3) is 1.00. The van der Waals surface area contributed by atoms with E-state index in [1.165, 1.54) is 51.9 Å². The Hall–Kier alpha value is -0.160. The van der Waals surface area contributed by atoms with Gasteiger partial charge in [0.2, 0.25) is 0 Å². The summed E-state index contributed by atoms with van der Waals surface area (Å²) < 4.78 is 0. The third-order valence-electron chi connectivity index (χ3n) is 5.26. The molecule has 0 radical (unpaired) electrons. The van der Waals surface area contributed by atoms with Gasteiger partial charge >= 0.3 is 0 Å². The fourth-order valence-electron chi connectivity index (χ4n) is 3.65. The van der Waals surface area contributed by atoms with Crippen LogP contribution in [0.25, 0.3) is 0 Å². The molecule has 0 amide bonds. The Morgan fingerprint density at radius 2 is 1.80 bits per heavy atom. The Morgan fingerprint density at radius 1 is 1.15 bits per heavy atom. The molecule has 1 heterocycles. The summed E-state index contributed by atoms with van der Waals surface area (Å²) in [6, 6.07) is 2.12. The summed E-state index contributed by atoms with van der Waals surface area (Å²) in [5.41, 5.74) is -0.103. The maximum absolute atomic E-state index is 9.74. The molecule has 0 aromatic rings. The van der Waals surface area contributed by atoms with E-state index in [9.17, 15) is 5.11 Å². The lowest BCUT2D eigenvalue weighted by Gasteiger charge is -2.41. The summed E-state index contributed by atoms with van der Waals surface area (Å²) in [4.78, 5) is 5.28. The number of piperazine rings is 1. The van der Waals surface area contributed by atoms with Gasteiger partial charge in [-0.25, -0.2) is 0 Å². The van der Waals surface area contributed by atoms with Crippen LogP contribution in [0.4, 0.5) is 0 Å². The monoisotopic (exact) mass is 281 g/mol. The van der Waals surface area contributed by atoms with Crippen LogP contribution in [0.2, 0.25) is 0 Å². The molecule has 116 valence electrons. The predicted octanol–water partition coefficient (Wildman–Crippen LogP) is 1.05. The number of nitrogens with one attached hydrogen (secondary N) is 1. The van der Waals surface area contributed by atoms with Gasteiger partial charge in [-0.05, 0) is 46.0 Å². The van der Waals surface area contributed by atoms with E-state index in [1.54, 1.807) is 0 Å². The molecule has 2 unspecified atom stereocenters. The van der Waals surface area contributed by atoms with Gasteiger partial charge in [0.1, 0.15) is 0 Å². The van der Waals surface area contributed by atoms with Gasteiger partial charge in [-0.1, -0.05) is 0 Å². The highest BCUT2D eigenvalue weighted by Crippen LogP contribution is 2.29. The fourth-order valence-corrected chi connectivity index (χ4v) is 3.65. The summed E-state index contributed by atoms with van der Waals surface area (Å²) in [6.45, 7) is 9.63. The minimum Gasteiger partial charge on any atom is -0.394 e. The molecular formula is C16H31N3O. The maximum atomic E-state index is 9.74. The van der Waals surface area contributed by atoms with Crippen LogP contribution in [0, 0.1) is 0 Å². The topological polar surface area (TPSA) is 38.7 Å². The summed E-state index contributed by atoms with van der Waals surface area (Å²) in [5.74, 6) is 0. The molecule has 3 fully saturated rings. The lowest BCUT2D eigenvalue weighted by atomic mass is 9.93. The van der Waals surface area contributed by atoms with Crippen LogP contribution in [0.3, 0.4) is 0 Å². The molecule has 1 saturated heterocycles. The van der Waals surface area contributed by atoms with E-state index >= 15 is 0 Å². The van der Waals surface area contributed by atoms with Gasteiger partial charge in [-0.15, -0.1) is 0 Å². The summed E-state index contributed by atoms with van der Waals surface area (Å²) in [7, 11) is 0. The quantitative estimate of drug-likeness (QED) is 0.731. The van der Waals surface area contributed by atoms with Crippen LogP contribution in [-0.4, -0.2) is 71.4 Å². The van der Waals surface area contributed by atoms with Crippen molar-refractivity contribution in [1.82, 2.24) is 15.1 Å². The molecule has 3 rings (SSSR count). The van der Waals surface area contributed by atoms with Crippen molar-refractivity contribution >= 4 is 0 Å². The van der Waals surface area contributed by atoms with Crippen molar-refractivity contribution in [2.45, 2.75) is 69.6 Å². The third-order valence-corrected chi connectivity index (χ3v) is 5.26. The smallest absolute Gasteiger partial charge is 0.0611 e. The van der Waals surface area contributed by atoms with Crippen molar-refractivity contribution in [2.75, 3.05) is 32.8 Å². The van der Waals surface area contributed by atoms with E-state index in [0.29, 0.717) is 12.1 Å². The Balaban J connectivity index is 1.46. The zero-order valence-electron chi connectivity index (χ0n) is 13.1. The van der Waals surface area contributed by atoms with Gasteiger partial charge in [0.05, 0.1) is 6.61 Å². The summed E-state index contributed by atoms with van der Waals surface area (Å²) >= 11 is 0. The molecule has 4 heteroatoms. The number of hydrogen-bond acceptors (Lipinski definition) is 4. The third kappa shape index (κ3) is 3.73. The minimum atomic E-state index is -0.103. The van der Waals surface area contributed by atoms with Crippen LogP contribution in [0.1, 0.15) is 46.0 Å². The van der Waals surface area contributed by atoms with E-state index in [4.69, 9.17) is 0 Å². The molecule has 2 atom stereocenters. The molecule has 2 saturated carbocycles. The van der Waals surface area contributed by atoms with Gasteiger partial charge in [-0.3, -0.25) is 9.80 Å². The molecular weight excluding hydrogens is 250 g/mol. The van der Waals surface area contributed by atoms with Crippen molar-refractivity contribution in [1.29, 1.82) is 0 Å². The van der Waals surface area contributed by atoms with E-state index < -0.39 is 0 Å². The molecule has 0 aromatic carbocycles. The molecule has 0 spiro atoms. The molecule has 0 bridgehead atoms. The zero-order valence-corrected chi connectivity index (χ0v) is 13.1. The molecule has 20 heavy (non-hydrogen) atoms. The second-order valence-corrected chi connectivity index (χ2v) is 7.49. The molecule has 1 aliphatic heterocycles. The zero-order chi connectivity index (χ0) is 14.2. The first-order valence-corrected chi connectivity index (χ1v) is 8.46. The molecule has 4 nitrogen and oxygen atoms in total. The molecule has 2 aliphatic carbocycles. The van der Waals surface area contributed by atoms with E-state index in [2.05, 4.69) is 29.0 Å². The van der Waals surface area contributed by atoms with Crippen molar-refractivity contribution in [3.8, 4) is 0 Å². The van der Waals surface area contributed by atoms with Gasteiger partial charge in [0.15, 0.2) is 0 Å². The number of aliphatic hydroxyl groups is 1. The average Bonchev–Trinajstić information content (AvgIpc) is 3.32. The summed E-state index contributed by atoms with van der Waals surface area (Å²) in [6.07, 6.45) is 6.45. The molecule has 3 aliphatic rings. The van der Waals surface area contributed by atoms with Crippen LogP contribution in [-0.2, 0) is 0 Å². The van der Waals surface area contributed by atoms with E-state index in [-0.39, 0.29) is 12.1 Å². The van der Waals surface area contributed by atoms with E-state index in [0.717, 1.165) is 12.5 Å². The molecule has 2 N–H and O–H groups in total. The highest BCUT2D eigenvalue weighted by Gasteiger charge is 2.36. The number of aliphatic hydroxyl groups excluding tert-OH is 1. The first-order valence-electron chi connectivity index (χ1n) is 8.46. The highest BCUT2D eigenvalue weighted by atomic mass is 16.3. The molecule has 0 aromatic heterocycles. The first kappa shape index (κ1) is 14.8. The standard InChI is InChI=1S/C16H31N3O/c1-13(11-16(2,12-20)17-14-3-4-14)18-7-9-19(10-8-18)15-5-6-15/h13-15,17,20H,3-12H2,1-2H3. The normalized spacial score (nSPS) is 30.1. The van der Waals surface area contributed by atoms with Gasteiger partial charge < -0.3 is 10.4 Å². The van der Waals surface area contributed by atoms with Crippen LogP contribution < -0.4 is 5.32 Å². The Morgan fingerprint density at radius 3 is 2.30 bits per heavy atom. The number of nitrogens with zero attached hydrogens (tertiary/aromatic N) is 2.